The maximum Gasteiger partial charge on any atom is 0.0133 e. The Morgan fingerprint density at radius 2 is 1.82 bits per heavy atom. The van der Waals surface area contributed by atoms with E-state index in [0.717, 1.165) is 11.9 Å². The van der Waals surface area contributed by atoms with Crippen LogP contribution in [0.2, 0.25) is 0 Å². The summed E-state index contributed by atoms with van der Waals surface area (Å²) in [6.45, 7) is 5.66. The van der Waals surface area contributed by atoms with E-state index in [1.165, 1.54) is 31.2 Å². The highest BCUT2D eigenvalue weighted by atomic mass is 79.9. The summed E-state index contributed by atoms with van der Waals surface area (Å²) in [5, 5.41) is 4.68. The van der Waals surface area contributed by atoms with Gasteiger partial charge < -0.3 is 5.32 Å². The van der Waals surface area contributed by atoms with Gasteiger partial charge in [0.1, 0.15) is 0 Å². The number of aryl methyl sites for hydroxylation is 1. The summed E-state index contributed by atoms with van der Waals surface area (Å²) in [7, 11) is 0. The molecule has 0 unspecified atom stereocenters. The third-order valence-electron chi connectivity index (χ3n) is 3.06. The number of halogens is 1. The van der Waals surface area contributed by atoms with Crippen LogP contribution in [0.3, 0.4) is 0 Å². The number of rotatable bonds is 8. The average molecular weight is 298 g/mol. The van der Waals surface area contributed by atoms with E-state index in [2.05, 4.69) is 65.4 Å². The first-order valence-electron chi connectivity index (χ1n) is 6.49. The average Bonchev–Trinajstić information content (AvgIpc) is 2.30. The predicted molar refractivity (Wildman–Crippen MR) is 79.9 cm³/mol. The molecule has 0 amide bonds. The number of nitrogens with one attached hydrogen (secondary N) is 1. The molecule has 0 aromatic heterocycles. The number of alkyl halides is 1. The van der Waals surface area contributed by atoms with Gasteiger partial charge in [0.2, 0.25) is 0 Å². The molecule has 0 saturated carbocycles. The second-order valence-electron chi connectivity index (χ2n) is 5.19. The molecule has 0 aliphatic heterocycles. The molecule has 17 heavy (non-hydrogen) atoms. The van der Waals surface area contributed by atoms with Crippen molar-refractivity contribution in [3.63, 3.8) is 0 Å². The number of hydrogen-bond donors (Lipinski definition) is 1. The summed E-state index contributed by atoms with van der Waals surface area (Å²) in [5.74, 6) is 0. The molecule has 0 bridgehead atoms. The largest absolute Gasteiger partial charge is 0.312 e. The van der Waals surface area contributed by atoms with Crippen LogP contribution in [0.5, 0.6) is 0 Å². The SMILES string of the molecule is CC(C)(CCBr)NCCCCc1ccccc1. The van der Waals surface area contributed by atoms with Gasteiger partial charge in [0.05, 0.1) is 0 Å². The van der Waals surface area contributed by atoms with Crippen LogP contribution in [0.4, 0.5) is 0 Å². The van der Waals surface area contributed by atoms with Gasteiger partial charge in [-0.25, -0.2) is 0 Å². The highest BCUT2D eigenvalue weighted by Crippen LogP contribution is 2.10. The smallest absolute Gasteiger partial charge is 0.0133 e. The van der Waals surface area contributed by atoms with Crippen molar-refractivity contribution in [1.82, 2.24) is 5.32 Å². The monoisotopic (exact) mass is 297 g/mol. The van der Waals surface area contributed by atoms with Crippen molar-refractivity contribution < 1.29 is 0 Å². The molecule has 0 fully saturated rings. The quantitative estimate of drug-likeness (QED) is 0.561. The zero-order valence-electron chi connectivity index (χ0n) is 11.0. The van der Waals surface area contributed by atoms with Crippen LogP contribution in [0.15, 0.2) is 30.3 Å². The Balaban J connectivity index is 2.09. The van der Waals surface area contributed by atoms with Gasteiger partial charge in [0.15, 0.2) is 0 Å². The molecule has 0 saturated heterocycles. The summed E-state index contributed by atoms with van der Waals surface area (Å²) in [6, 6.07) is 10.7. The molecule has 0 atom stereocenters. The Morgan fingerprint density at radius 3 is 2.47 bits per heavy atom. The maximum atomic E-state index is 3.62. The van der Waals surface area contributed by atoms with E-state index >= 15 is 0 Å². The third-order valence-corrected chi connectivity index (χ3v) is 3.45. The standard InChI is InChI=1S/C15H24BrN/c1-15(2,11-12-16)17-13-7-6-10-14-8-4-3-5-9-14/h3-5,8-9,17H,6-7,10-13H2,1-2H3. The Hall–Kier alpha value is -0.340. The van der Waals surface area contributed by atoms with E-state index in [1.807, 2.05) is 0 Å². The predicted octanol–water partition coefficient (Wildman–Crippen LogP) is 4.16. The number of hydrogen-bond acceptors (Lipinski definition) is 1. The van der Waals surface area contributed by atoms with Crippen molar-refractivity contribution in [2.75, 3.05) is 11.9 Å². The summed E-state index contributed by atoms with van der Waals surface area (Å²) in [6.07, 6.45) is 4.88. The molecule has 1 aromatic carbocycles. The molecular weight excluding hydrogens is 274 g/mol. The number of benzene rings is 1. The lowest BCUT2D eigenvalue weighted by atomic mass is 10.0. The second-order valence-corrected chi connectivity index (χ2v) is 5.99. The van der Waals surface area contributed by atoms with E-state index in [-0.39, 0.29) is 5.54 Å². The Kier molecular flexibility index (Phi) is 6.83. The summed E-state index contributed by atoms with van der Waals surface area (Å²) < 4.78 is 0. The van der Waals surface area contributed by atoms with Crippen molar-refractivity contribution in [2.24, 2.45) is 0 Å². The molecule has 0 heterocycles. The molecule has 0 radical (unpaired) electrons. The fraction of sp³-hybridized carbons (Fsp3) is 0.600. The van der Waals surface area contributed by atoms with Crippen molar-refractivity contribution >= 4 is 15.9 Å². The fourth-order valence-electron chi connectivity index (χ4n) is 1.85. The van der Waals surface area contributed by atoms with Gasteiger partial charge in [-0.3, -0.25) is 0 Å². The molecule has 2 heteroatoms. The van der Waals surface area contributed by atoms with Crippen LogP contribution in [0.1, 0.15) is 38.7 Å². The van der Waals surface area contributed by atoms with Gasteiger partial charge >= 0.3 is 0 Å². The van der Waals surface area contributed by atoms with E-state index in [4.69, 9.17) is 0 Å². The van der Waals surface area contributed by atoms with E-state index in [9.17, 15) is 0 Å². The van der Waals surface area contributed by atoms with Gasteiger partial charge in [0.25, 0.3) is 0 Å². The second kappa shape index (κ2) is 7.88. The van der Waals surface area contributed by atoms with E-state index < -0.39 is 0 Å². The number of unbranched alkanes of at least 4 members (excludes halogenated alkanes) is 1. The minimum absolute atomic E-state index is 0.260. The zero-order valence-corrected chi connectivity index (χ0v) is 12.6. The summed E-state index contributed by atoms with van der Waals surface area (Å²) in [4.78, 5) is 0. The Morgan fingerprint density at radius 1 is 1.12 bits per heavy atom. The van der Waals surface area contributed by atoms with Crippen LogP contribution >= 0.6 is 15.9 Å². The minimum atomic E-state index is 0.260. The molecule has 1 rings (SSSR count). The third kappa shape index (κ3) is 6.85. The Bertz CT molecular complexity index is 295. The Labute approximate surface area is 114 Å². The highest BCUT2D eigenvalue weighted by molar-refractivity contribution is 9.09. The molecule has 0 aliphatic carbocycles. The van der Waals surface area contributed by atoms with Crippen LogP contribution in [0.25, 0.3) is 0 Å². The van der Waals surface area contributed by atoms with Crippen LogP contribution in [0, 0.1) is 0 Å². The first kappa shape index (κ1) is 14.7. The van der Waals surface area contributed by atoms with Crippen LogP contribution < -0.4 is 5.32 Å². The van der Waals surface area contributed by atoms with Gasteiger partial charge in [-0.05, 0) is 51.6 Å². The lowest BCUT2D eigenvalue weighted by Crippen LogP contribution is -2.40. The zero-order chi connectivity index (χ0) is 12.6. The van der Waals surface area contributed by atoms with Gasteiger partial charge in [-0.15, -0.1) is 0 Å². The molecule has 0 aliphatic rings. The normalized spacial score (nSPS) is 11.7. The maximum absolute atomic E-state index is 3.62. The van der Waals surface area contributed by atoms with Crippen LogP contribution in [-0.2, 0) is 6.42 Å². The van der Waals surface area contributed by atoms with Crippen molar-refractivity contribution in [3.05, 3.63) is 35.9 Å². The molecule has 1 nitrogen and oxygen atoms in total. The van der Waals surface area contributed by atoms with E-state index in [1.54, 1.807) is 0 Å². The van der Waals surface area contributed by atoms with E-state index in [0.29, 0.717) is 0 Å². The van der Waals surface area contributed by atoms with Crippen LogP contribution in [-0.4, -0.2) is 17.4 Å². The lowest BCUT2D eigenvalue weighted by Gasteiger charge is -2.25. The molecule has 0 spiro atoms. The van der Waals surface area contributed by atoms with Gasteiger partial charge in [-0.2, -0.15) is 0 Å². The first-order valence-corrected chi connectivity index (χ1v) is 7.61. The minimum Gasteiger partial charge on any atom is -0.312 e. The van der Waals surface area contributed by atoms with Crippen molar-refractivity contribution in [1.29, 1.82) is 0 Å². The van der Waals surface area contributed by atoms with Crippen molar-refractivity contribution in [3.8, 4) is 0 Å². The van der Waals surface area contributed by atoms with Gasteiger partial charge in [0, 0.05) is 10.9 Å². The summed E-state index contributed by atoms with van der Waals surface area (Å²) in [5.41, 5.74) is 1.71. The molecule has 1 aromatic rings. The van der Waals surface area contributed by atoms with Crippen molar-refractivity contribution in [2.45, 2.75) is 45.1 Å². The topological polar surface area (TPSA) is 12.0 Å². The van der Waals surface area contributed by atoms with Gasteiger partial charge in [-0.1, -0.05) is 46.3 Å². The first-order chi connectivity index (χ1) is 8.14. The fourth-order valence-corrected chi connectivity index (χ4v) is 2.84. The summed E-state index contributed by atoms with van der Waals surface area (Å²) >= 11 is 3.50. The highest BCUT2D eigenvalue weighted by Gasteiger charge is 2.14. The molecular formula is C15H24BrN. The lowest BCUT2D eigenvalue weighted by molar-refractivity contribution is 0.375. The molecule has 96 valence electrons. The molecule has 1 N–H and O–H groups in total.